The van der Waals surface area contributed by atoms with Crippen LogP contribution in [0.4, 0.5) is 0 Å². The third-order valence-electron chi connectivity index (χ3n) is 3.20. The Bertz CT molecular complexity index is 548. The van der Waals surface area contributed by atoms with Crippen LogP contribution in [0.15, 0.2) is 36.4 Å². The molecule has 1 heterocycles. The molecule has 18 heavy (non-hydrogen) atoms. The van der Waals surface area contributed by atoms with Crippen LogP contribution in [0.25, 0.3) is 10.9 Å². The average Bonchev–Trinajstić information content (AvgIpc) is 2.38. The summed E-state index contributed by atoms with van der Waals surface area (Å²) in [6.07, 6.45) is 2.82. The molecule has 0 aliphatic carbocycles. The van der Waals surface area contributed by atoms with E-state index in [0.29, 0.717) is 18.0 Å². The van der Waals surface area contributed by atoms with Crippen LogP contribution in [0.1, 0.15) is 43.6 Å². The highest BCUT2D eigenvalue weighted by atomic mass is 16.1. The number of rotatable bonds is 5. The molecule has 0 radical (unpaired) electrons. The Kier molecular flexibility index (Phi) is 4.08. The van der Waals surface area contributed by atoms with Gasteiger partial charge in [-0.25, -0.2) is 4.98 Å². The van der Waals surface area contributed by atoms with Crippen molar-refractivity contribution < 1.29 is 4.79 Å². The zero-order valence-corrected chi connectivity index (χ0v) is 11.0. The molecular weight excluding hydrogens is 222 g/mol. The molecule has 0 saturated heterocycles. The van der Waals surface area contributed by atoms with Crippen molar-refractivity contribution in [3.8, 4) is 0 Å². The standard InChI is InChI=1S/C16H19NO/c1-3-6-12(2)11-16(18)15-10-9-13-7-4-5-8-14(13)17-15/h4-5,7-10,12H,3,6,11H2,1-2H3. The Morgan fingerprint density at radius 1 is 1.22 bits per heavy atom. The number of ketones is 1. The van der Waals surface area contributed by atoms with E-state index in [1.807, 2.05) is 36.4 Å². The predicted molar refractivity (Wildman–Crippen MR) is 74.8 cm³/mol. The summed E-state index contributed by atoms with van der Waals surface area (Å²) in [6.45, 7) is 4.28. The molecular formula is C16H19NO. The van der Waals surface area contributed by atoms with E-state index in [-0.39, 0.29) is 5.78 Å². The Morgan fingerprint density at radius 3 is 2.78 bits per heavy atom. The number of hydrogen-bond donors (Lipinski definition) is 0. The number of nitrogens with zero attached hydrogens (tertiary/aromatic N) is 1. The number of Topliss-reactive ketones (excluding diaryl/α,β-unsaturated/α-hetero) is 1. The Labute approximate surface area is 108 Å². The monoisotopic (exact) mass is 241 g/mol. The van der Waals surface area contributed by atoms with Gasteiger partial charge in [-0.2, -0.15) is 0 Å². The van der Waals surface area contributed by atoms with E-state index in [2.05, 4.69) is 18.8 Å². The van der Waals surface area contributed by atoms with Crippen molar-refractivity contribution in [2.75, 3.05) is 0 Å². The highest BCUT2D eigenvalue weighted by Gasteiger charge is 2.12. The highest BCUT2D eigenvalue weighted by molar-refractivity contribution is 5.96. The molecule has 0 aliphatic heterocycles. The second-order valence-corrected chi connectivity index (χ2v) is 4.91. The van der Waals surface area contributed by atoms with Gasteiger partial charge >= 0.3 is 0 Å². The molecule has 0 fully saturated rings. The van der Waals surface area contributed by atoms with Gasteiger partial charge in [0.1, 0.15) is 5.69 Å². The lowest BCUT2D eigenvalue weighted by atomic mass is 9.98. The van der Waals surface area contributed by atoms with Gasteiger partial charge in [0.2, 0.25) is 0 Å². The number of aromatic nitrogens is 1. The van der Waals surface area contributed by atoms with Gasteiger partial charge in [-0.1, -0.05) is 51.0 Å². The molecule has 94 valence electrons. The van der Waals surface area contributed by atoms with Crippen LogP contribution in [0, 0.1) is 5.92 Å². The highest BCUT2D eigenvalue weighted by Crippen LogP contribution is 2.16. The maximum absolute atomic E-state index is 12.1. The Hall–Kier alpha value is -1.70. The normalized spacial score (nSPS) is 12.6. The molecule has 0 N–H and O–H groups in total. The van der Waals surface area contributed by atoms with Crippen molar-refractivity contribution in [2.45, 2.75) is 33.1 Å². The van der Waals surface area contributed by atoms with E-state index in [9.17, 15) is 4.79 Å². The van der Waals surface area contributed by atoms with Gasteiger partial charge in [-0.05, 0) is 18.1 Å². The summed E-state index contributed by atoms with van der Waals surface area (Å²) in [7, 11) is 0. The molecule has 1 aromatic heterocycles. The predicted octanol–water partition coefficient (Wildman–Crippen LogP) is 4.24. The molecule has 1 aromatic carbocycles. The molecule has 2 rings (SSSR count). The first-order chi connectivity index (χ1) is 8.70. The minimum Gasteiger partial charge on any atom is -0.292 e. The van der Waals surface area contributed by atoms with E-state index in [1.165, 1.54) is 0 Å². The van der Waals surface area contributed by atoms with E-state index < -0.39 is 0 Å². The third-order valence-corrected chi connectivity index (χ3v) is 3.20. The zero-order valence-electron chi connectivity index (χ0n) is 11.0. The minimum atomic E-state index is 0.154. The summed E-state index contributed by atoms with van der Waals surface area (Å²) in [6, 6.07) is 11.7. The van der Waals surface area contributed by atoms with Crippen molar-refractivity contribution in [2.24, 2.45) is 5.92 Å². The van der Waals surface area contributed by atoms with Gasteiger partial charge in [0.25, 0.3) is 0 Å². The fraction of sp³-hybridized carbons (Fsp3) is 0.375. The molecule has 0 aliphatic rings. The maximum atomic E-state index is 12.1. The summed E-state index contributed by atoms with van der Waals surface area (Å²) in [5.74, 6) is 0.595. The van der Waals surface area contributed by atoms with Crippen LogP contribution in [-0.2, 0) is 0 Å². The van der Waals surface area contributed by atoms with E-state index >= 15 is 0 Å². The van der Waals surface area contributed by atoms with Gasteiger partial charge in [0, 0.05) is 11.8 Å². The smallest absolute Gasteiger partial charge is 0.181 e. The topological polar surface area (TPSA) is 30.0 Å². The molecule has 1 atom stereocenters. The van der Waals surface area contributed by atoms with Gasteiger partial charge in [-0.15, -0.1) is 0 Å². The van der Waals surface area contributed by atoms with Crippen LogP contribution >= 0.6 is 0 Å². The van der Waals surface area contributed by atoms with Crippen molar-refractivity contribution >= 4 is 16.7 Å². The van der Waals surface area contributed by atoms with Gasteiger partial charge in [0.15, 0.2) is 5.78 Å². The van der Waals surface area contributed by atoms with Crippen LogP contribution in [0.5, 0.6) is 0 Å². The minimum absolute atomic E-state index is 0.154. The van der Waals surface area contributed by atoms with Crippen molar-refractivity contribution in [1.82, 2.24) is 4.98 Å². The molecule has 2 nitrogen and oxygen atoms in total. The van der Waals surface area contributed by atoms with Crippen LogP contribution in [0.3, 0.4) is 0 Å². The lowest BCUT2D eigenvalue weighted by molar-refractivity contribution is 0.0958. The summed E-state index contributed by atoms with van der Waals surface area (Å²) in [5, 5.41) is 1.08. The number of benzene rings is 1. The maximum Gasteiger partial charge on any atom is 0.181 e. The van der Waals surface area contributed by atoms with Crippen LogP contribution < -0.4 is 0 Å². The first kappa shape index (κ1) is 12.7. The van der Waals surface area contributed by atoms with E-state index in [1.54, 1.807) is 0 Å². The summed E-state index contributed by atoms with van der Waals surface area (Å²) >= 11 is 0. The van der Waals surface area contributed by atoms with Crippen LogP contribution in [0.2, 0.25) is 0 Å². The molecule has 1 unspecified atom stereocenters. The second-order valence-electron chi connectivity index (χ2n) is 4.91. The quantitative estimate of drug-likeness (QED) is 0.733. The molecule has 2 aromatic rings. The summed E-state index contributed by atoms with van der Waals surface area (Å²) < 4.78 is 0. The number of hydrogen-bond acceptors (Lipinski definition) is 2. The molecule has 0 saturated carbocycles. The number of carbonyl (C=O) groups is 1. The number of pyridine rings is 1. The number of fused-ring (bicyclic) bond motifs is 1. The van der Waals surface area contributed by atoms with E-state index in [0.717, 1.165) is 23.7 Å². The fourth-order valence-electron chi connectivity index (χ4n) is 2.24. The lowest BCUT2D eigenvalue weighted by Crippen LogP contribution is -2.07. The third kappa shape index (κ3) is 2.95. The SMILES string of the molecule is CCCC(C)CC(=O)c1ccc2ccccc2n1. The number of para-hydroxylation sites is 1. The van der Waals surface area contributed by atoms with Gasteiger partial charge in [-0.3, -0.25) is 4.79 Å². The first-order valence-electron chi connectivity index (χ1n) is 6.59. The van der Waals surface area contributed by atoms with Gasteiger partial charge in [0.05, 0.1) is 5.52 Å². The average molecular weight is 241 g/mol. The molecule has 0 bridgehead atoms. The largest absolute Gasteiger partial charge is 0.292 e. The van der Waals surface area contributed by atoms with Gasteiger partial charge < -0.3 is 0 Å². The number of carbonyl (C=O) groups excluding carboxylic acids is 1. The van der Waals surface area contributed by atoms with E-state index in [4.69, 9.17) is 0 Å². The Morgan fingerprint density at radius 2 is 2.00 bits per heavy atom. The van der Waals surface area contributed by atoms with Crippen molar-refractivity contribution in [1.29, 1.82) is 0 Å². The molecule has 2 heteroatoms. The lowest BCUT2D eigenvalue weighted by Gasteiger charge is -2.08. The molecule has 0 spiro atoms. The molecule has 0 amide bonds. The van der Waals surface area contributed by atoms with Crippen LogP contribution in [-0.4, -0.2) is 10.8 Å². The Balaban J connectivity index is 2.17. The van der Waals surface area contributed by atoms with Crippen molar-refractivity contribution in [3.05, 3.63) is 42.1 Å². The van der Waals surface area contributed by atoms with Crippen molar-refractivity contribution in [3.63, 3.8) is 0 Å². The second kappa shape index (κ2) is 5.76. The fourth-order valence-corrected chi connectivity index (χ4v) is 2.24. The zero-order chi connectivity index (χ0) is 13.0. The summed E-state index contributed by atoms with van der Waals surface area (Å²) in [5.41, 5.74) is 1.49. The first-order valence-corrected chi connectivity index (χ1v) is 6.59. The summed E-state index contributed by atoms with van der Waals surface area (Å²) in [4.78, 5) is 16.5.